The SMILES string of the molecule is CSCCNc1c(N)ccc(Cl)c1C. The summed E-state index contributed by atoms with van der Waals surface area (Å²) in [5.74, 6) is 1.06. The average Bonchev–Trinajstić information content (AvgIpc) is 2.18. The first-order valence-corrected chi connectivity index (χ1v) is 6.21. The molecule has 0 amide bonds. The van der Waals surface area contributed by atoms with Gasteiger partial charge in [0.05, 0.1) is 11.4 Å². The summed E-state index contributed by atoms with van der Waals surface area (Å²) < 4.78 is 0. The van der Waals surface area contributed by atoms with Crippen LogP contribution in [0.3, 0.4) is 0 Å². The summed E-state index contributed by atoms with van der Waals surface area (Å²) in [6, 6.07) is 3.66. The Kier molecular flexibility index (Phi) is 4.42. The Morgan fingerprint density at radius 2 is 2.21 bits per heavy atom. The summed E-state index contributed by atoms with van der Waals surface area (Å²) in [5, 5.41) is 4.05. The van der Waals surface area contributed by atoms with Crippen LogP contribution < -0.4 is 11.1 Å². The van der Waals surface area contributed by atoms with Gasteiger partial charge in [0, 0.05) is 17.3 Å². The lowest BCUT2D eigenvalue weighted by Crippen LogP contribution is -2.07. The van der Waals surface area contributed by atoms with E-state index in [9.17, 15) is 0 Å². The number of benzene rings is 1. The maximum Gasteiger partial charge on any atom is 0.0618 e. The zero-order valence-corrected chi connectivity index (χ0v) is 10.0. The van der Waals surface area contributed by atoms with E-state index in [0.29, 0.717) is 0 Å². The van der Waals surface area contributed by atoms with Crippen molar-refractivity contribution in [2.45, 2.75) is 6.92 Å². The van der Waals surface area contributed by atoms with E-state index in [0.717, 1.165) is 34.3 Å². The number of nitrogens with one attached hydrogen (secondary N) is 1. The normalized spacial score (nSPS) is 10.2. The Morgan fingerprint density at radius 1 is 1.50 bits per heavy atom. The number of anilines is 2. The van der Waals surface area contributed by atoms with Crippen molar-refractivity contribution < 1.29 is 0 Å². The Labute approximate surface area is 94.2 Å². The van der Waals surface area contributed by atoms with Gasteiger partial charge >= 0.3 is 0 Å². The van der Waals surface area contributed by atoms with E-state index in [1.54, 1.807) is 11.8 Å². The fourth-order valence-corrected chi connectivity index (χ4v) is 1.68. The molecule has 4 heteroatoms. The van der Waals surface area contributed by atoms with Gasteiger partial charge in [-0.15, -0.1) is 0 Å². The molecule has 0 fully saturated rings. The van der Waals surface area contributed by atoms with Crippen LogP contribution in [0, 0.1) is 6.92 Å². The highest BCUT2D eigenvalue weighted by atomic mass is 35.5. The molecule has 0 unspecified atom stereocenters. The smallest absolute Gasteiger partial charge is 0.0618 e. The molecule has 78 valence electrons. The first-order chi connectivity index (χ1) is 6.66. The number of nitrogen functional groups attached to an aromatic ring is 1. The molecule has 0 radical (unpaired) electrons. The van der Waals surface area contributed by atoms with Gasteiger partial charge in [0.15, 0.2) is 0 Å². The van der Waals surface area contributed by atoms with Crippen molar-refractivity contribution in [3.8, 4) is 0 Å². The second-order valence-corrected chi connectivity index (χ2v) is 4.45. The number of nitrogens with two attached hydrogens (primary N) is 1. The molecule has 1 aromatic rings. The third-order valence-electron chi connectivity index (χ3n) is 2.04. The fraction of sp³-hybridized carbons (Fsp3) is 0.400. The van der Waals surface area contributed by atoms with Gasteiger partial charge in [-0.1, -0.05) is 11.6 Å². The number of halogens is 1. The van der Waals surface area contributed by atoms with Crippen LogP contribution in [0.25, 0.3) is 0 Å². The van der Waals surface area contributed by atoms with Gasteiger partial charge in [-0.2, -0.15) is 11.8 Å². The predicted octanol–water partition coefficient (Wildman–Crippen LogP) is 3.01. The summed E-state index contributed by atoms with van der Waals surface area (Å²) >= 11 is 7.80. The van der Waals surface area contributed by atoms with Gasteiger partial charge in [0.25, 0.3) is 0 Å². The monoisotopic (exact) mass is 230 g/mol. The Hall–Kier alpha value is -0.540. The minimum atomic E-state index is 0.755. The third kappa shape index (κ3) is 2.72. The molecule has 1 aromatic carbocycles. The van der Waals surface area contributed by atoms with Crippen molar-refractivity contribution in [3.05, 3.63) is 22.7 Å². The van der Waals surface area contributed by atoms with Crippen LogP contribution in [-0.2, 0) is 0 Å². The molecule has 0 heterocycles. The van der Waals surface area contributed by atoms with Crippen LogP contribution in [0.4, 0.5) is 11.4 Å². The second-order valence-electron chi connectivity index (χ2n) is 3.06. The van der Waals surface area contributed by atoms with Crippen LogP contribution in [-0.4, -0.2) is 18.6 Å². The topological polar surface area (TPSA) is 38.0 Å². The maximum atomic E-state index is 6.00. The molecule has 0 atom stereocenters. The van der Waals surface area contributed by atoms with Gasteiger partial charge in [-0.25, -0.2) is 0 Å². The first-order valence-electron chi connectivity index (χ1n) is 4.44. The Morgan fingerprint density at radius 3 is 2.86 bits per heavy atom. The fourth-order valence-electron chi connectivity index (χ4n) is 1.22. The van der Waals surface area contributed by atoms with Crippen molar-refractivity contribution in [3.63, 3.8) is 0 Å². The molecule has 14 heavy (non-hydrogen) atoms. The Balaban J connectivity index is 2.79. The van der Waals surface area contributed by atoms with Crippen LogP contribution in [0.5, 0.6) is 0 Å². The molecule has 1 rings (SSSR count). The second kappa shape index (κ2) is 5.37. The van der Waals surface area contributed by atoms with Gasteiger partial charge in [-0.3, -0.25) is 0 Å². The average molecular weight is 231 g/mol. The molecule has 0 saturated heterocycles. The molecular formula is C10H15ClN2S. The number of hydrogen-bond acceptors (Lipinski definition) is 3. The van der Waals surface area contributed by atoms with Crippen LogP contribution >= 0.6 is 23.4 Å². The highest BCUT2D eigenvalue weighted by molar-refractivity contribution is 7.98. The standard InChI is InChI=1S/C10H15ClN2S/c1-7-8(11)3-4-9(12)10(7)13-5-6-14-2/h3-4,13H,5-6,12H2,1-2H3. The van der Waals surface area contributed by atoms with E-state index in [1.807, 2.05) is 19.1 Å². The molecule has 2 nitrogen and oxygen atoms in total. The van der Waals surface area contributed by atoms with Gasteiger partial charge in [-0.05, 0) is 30.9 Å². The van der Waals surface area contributed by atoms with Gasteiger partial charge in [0.2, 0.25) is 0 Å². The number of rotatable bonds is 4. The molecule has 0 aromatic heterocycles. The highest BCUT2D eigenvalue weighted by Crippen LogP contribution is 2.29. The van der Waals surface area contributed by atoms with Gasteiger partial charge in [0.1, 0.15) is 0 Å². The van der Waals surface area contributed by atoms with Crippen LogP contribution in [0.15, 0.2) is 12.1 Å². The molecule has 0 aliphatic heterocycles. The summed E-state index contributed by atoms with van der Waals surface area (Å²) in [6.07, 6.45) is 2.08. The van der Waals surface area contributed by atoms with Crippen molar-refractivity contribution in [2.24, 2.45) is 0 Å². The quantitative estimate of drug-likeness (QED) is 0.617. The largest absolute Gasteiger partial charge is 0.397 e. The van der Waals surface area contributed by atoms with E-state index in [-0.39, 0.29) is 0 Å². The summed E-state index contributed by atoms with van der Waals surface area (Å²) in [7, 11) is 0. The van der Waals surface area contributed by atoms with Crippen molar-refractivity contribution in [1.29, 1.82) is 0 Å². The van der Waals surface area contributed by atoms with E-state index in [4.69, 9.17) is 17.3 Å². The third-order valence-corrected chi connectivity index (χ3v) is 3.06. The zero-order chi connectivity index (χ0) is 10.6. The summed E-state index contributed by atoms with van der Waals surface area (Å²) in [4.78, 5) is 0. The highest BCUT2D eigenvalue weighted by Gasteiger charge is 2.05. The molecule has 0 saturated carbocycles. The molecule has 0 aliphatic rings. The molecular weight excluding hydrogens is 216 g/mol. The van der Waals surface area contributed by atoms with Gasteiger partial charge < -0.3 is 11.1 Å². The van der Waals surface area contributed by atoms with E-state index >= 15 is 0 Å². The van der Waals surface area contributed by atoms with Crippen LogP contribution in [0.2, 0.25) is 5.02 Å². The van der Waals surface area contributed by atoms with Crippen molar-refractivity contribution in [1.82, 2.24) is 0 Å². The summed E-state index contributed by atoms with van der Waals surface area (Å²) in [6.45, 7) is 2.88. The lowest BCUT2D eigenvalue weighted by molar-refractivity contribution is 1.22. The lowest BCUT2D eigenvalue weighted by Gasteiger charge is -2.12. The summed E-state index contributed by atoms with van der Waals surface area (Å²) in [5.41, 5.74) is 8.59. The zero-order valence-electron chi connectivity index (χ0n) is 8.43. The van der Waals surface area contributed by atoms with Crippen molar-refractivity contribution >= 4 is 34.7 Å². The molecule has 0 aliphatic carbocycles. The minimum Gasteiger partial charge on any atom is -0.397 e. The maximum absolute atomic E-state index is 6.00. The molecule has 0 bridgehead atoms. The predicted molar refractivity (Wildman–Crippen MR) is 67.5 cm³/mol. The van der Waals surface area contributed by atoms with E-state index < -0.39 is 0 Å². The number of thioether (sulfide) groups is 1. The van der Waals surface area contributed by atoms with Crippen LogP contribution in [0.1, 0.15) is 5.56 Å². The molecule has 3 N–H and O–H groups in total. The lowest BCUT2D eigenvalue weighted by atomic mass is 10.1. The van der Waals surface area contributed by atoms with E-state index in [1.165, 1.54) is 0 Å². The minimum absolute atomic E-state index is 0.755. The molecule has 0 spiro atoms. The number of hydrogen-bond donors (Lipinski definition) is 2. The van der Waals surface area contributed by atoms with E-state index in [2.05, 4.69) is 11.6 Å². The van der Waals surface area contributed by atoms with Crippen molar-refractivity contribution in [2.75, 3.05) is 29.6 Å². The first kappa shape index (κ1) is 11.5. The Bertz CT molecular complexity index is 315.